The van der Waals surface area contributed by atoms with Crippen LogP contribution in [0.15, 0.2) is 47.4 Å². The number of nitrogens with one attached hydrogen (secondary N) is 1. The molecule has 7 heteroatoms. The molecule has 0 aliphatic carbocycles. The highest BCUT2D eigenvalue weighted by atomic mass is 32.2. The van der Waals surface area contributed by atoms with Crippen LogP contribution in [-0.2, 0) is 16.4 Å². The summed E-state index contributed by atoms with van der Waals surface area (Å²) in [5, 5.41) is 3.14. The van der Waals surface area contributed by atoms with Gasteiger partial charge in [-0.2, -0.15) is 0 Å². The van der Waals surface area contributed by atoms with Crippen molar-refractivity contribution >= 4 is 33.4 Å². The summed E-state index contributed by atoms with van der Waals surface area (Å²) < 4.78 is 25.1. The molecule has 1 amide bonds. The lowest BCUT2D eigenvalue weighted by Crippen LogP contribution is -2.30. The highest BCUT2D eigenvalue weighted by Crippen LogP contribution is 2.36. The van der Waals surface area contributed by atoms with Crippen molar-refractivity contribution in [2.75, 3.05) is 22.9 Å². The maximum absolute atomic E-state index is 12.8. The van der Waals surface area contributed by atoms with Crippen LogP contribution in [0.4, 0.5) is 5.69 Å². The maximum Gasteiger partial charge on any atom is 0.251 e. The minimum absolute atomic E-state index is 0.0146. The van der Waals surface area contributed by atoms with Crippen LogP contribution in [0, 0.1) is 0 Å². The summed E-state index contributed by atoms with van der Waals surface area (Å²) in [6.07, 6.45) is 2.74. The number of benzene rings is 2. The van der Waals surface area contributed by atoms with Crippen molar-refractivity contribution in [2.45, 2.75) is 23.8 Å². The number of carbonyl (C=O) groups is 1. The van der Waals surface area contributed by atoms with E-state index >= 15 is 0 Å². The Kier molecular flexibility index (Phi) is 4.44. The fraction of sp³-hybridized carbons (Fsp3) is 0.316. The first-order chi connectivity index (χ1) is 12.4. The lowest BCUT2D eigenvalue weighted by atomic mass is 10.0. The zero-order valence-corrected chi connectivity index (χ0v) is 16.1. The second kappa shape index (κ2) is 6.63. The number of hydrogen-bond donors (Lipinski definition) is 1. The van der Waals surface area contributed by atoms with Crippen molar-refractivity contribution in [1.29, 1.82) is 0 Å². The Balaban J connectivity index is 1.56. The molecule has 1 atom stereocenters. The van der Waals surface area contributed by atoms with Crippen molar-refractivity contribution in [3.8, 4) is 0 Å². The highest BCUT2D eigenvalue weighted by Gasteiger charge is 2.27. The highest BCUT2D eigenvalue weighted by molar-refractivity contribution is 7.99. The van der Waals surface area contributed by atoms with Gasteiger partial charge in [-0.25, -0.2) is 8.42 Å². The van der Waals surface area contributed by atoms with Crippen LogP contribution in [0.25, 0.3) is 0 Å². The van der Waals surface area contributed by atoms with Crippen molar-refractivity contribution in [1.82, 2.24) is 5.32 Å². The van der Waals surface area contributed by atoms with E-state index in [1.807, 2.05) is 30.0 Å². The molecule has 136 valence electrons. The van der Waals surface area contributed by atoms with Gasteiger partial charge < -0.3 is 5.32 Å². The number of nitrogens with zero attached hydrogens (tertiary/aromatic N) is 1. The Bertz CT molecular complexity index is 972. The molecule has 0 bridgehead atoms. The van der Waals surface area contributed by atoms with Gasteiger partial charge in [0, 0.05) is 22.8 Å². The Labute approximate surface area is 157 Å². The standard InChI is InChI=1S/C19H20N2O3S2/c1-26(23,24)21-10-8-13-12-14(6-7-17(13)21)19(22)20-16-9-11-25-18-5-3-2-4-15(16)18/h2-7,12,16H,8-11H2,1H3,(H,20,22). The molecule has 2 aliphatic heterocycles. The molecule has 0 spiro atoms. The number of hydrogen-bond acceptors (Lipinski definition) is 4. The van der Waals surface area contributed by atoms with Gasteiger partial charge in [-0.05, 0) is 48.2 Å². The SMILES string of the molecule is CS(=O)(=O)N1CCc2cc(C(=O)NC3CCSc4ccccc43)ccc21. The number of fused-ring (bicyclic) bond motifs is 2. The van der Waals surface area contributed by atoms with Crippen LogP contribution < -0.4 is 9.62 Å². The van der Waals surface area contributed by atoms with Gasteiger partial charge in [0.1, 0.15) is 0 Å². The number of rotatable bonds is 3. The monoisotopic (exact) mass is 388 g/mol. The van der Waals surface area contributed by atoms with Gasteiger partial charge in [0.15, 0.2) is 0 Å². The van der Waals surface area contributed by atoms with Crippen LogP contribution in [0.1, 0.15) is 33.9 Å². The van der Waals surface area contributed by atoms with Crippen LogP contribution in [0.2, 0.25) is 0 Å². The van der Waals surface area contributed by atoms with E-state index in [2.05, 4.69) is 17.4 Å². The molecule has 4 rings (SSSR count). The molecule has 1 N–H and O–H groups in total. The molecule has 0 saturated heterocycles. The fourth-order valence-corrected chi connectivity index (χ4v) is 5.67. The number of carbonyl (C=O) groups excluding carboxylic acids is 1. The lowest BCUT2D eigenvalue weighted by molar-refractivity contribution is 0.0935. The first kappa shape index (κ1) is 17.4. The van der Waals surface area contributed by atoms with E-state index in [9.17, 15) is 13.2 Å². The van der Waals surface area contributed by atoms with Crippen LogP contribution in [-0.4, -0.2) is 32.9 Å². The minimum Gasteiger partial charge on any atom is -0.345 e. The quantitative estimate of drug-likeness (QED) is 0.878. The predicted molar refractivity (Wildman–Crippen MR) is 104 cm³/mol. The van der Waals surface area contributed by atoms with Gasteiger partial charge in [0.05, 0.1) is 18.0 Å². The number of anilines is 1. The molecular weight excluding hydrogens is 368 g/mol. The summed E-state index contributed by atoms with van der Waals surface area (Å²) in [7, 11) is -3.27. The van der Waals surface area contributed by atoms with Crippen molar-refractivity contribution in [3.63, 3.8) is 0 Å². The Hall–Kier alpha value is -1.99. The van der Waals surface area contributed by atoms with E-state index in [0.717, 1.165) is 17.7 Å². The first-order valence-electron chi connectivity index (χ1n) is 8.57. The van der Waals surface area contributed by atoms with Gasteiger partial charge in [-0.15, -0.1) is 11.8 Å². The number of sulfonamides is 1. The minimum atomic E-state index is -3.27. The number of amides is 1. The average Bonchev–Trinajstić information content (AvgIpc) is 3.05. The third-order valence-electron chi connectivity index (χ3n) is 4.86. The van der Waals surface area contributed by atoms with Crippen molar-refractivity contribution in [2.24, 2.45) is 0 Å². The Morgan fingerprint density at radius 2 is 2.04 bits per heavy atom. The van der Waals surface area contributed by atoms with E-state index in [4.69, 9.17) is 0 Å². The van der Waals surface area contributed by atoms with Crippen molar-refractivity contribution in [3.05, 3.63) is 59.2 Å². The van der Waals surface area contributed by atoms with E-state index in [-0.39, 0.29) is 11.9 Å². The molecule has 5 nitrogen and oxygen atoms in total. The Morgan fingerprint density at radius 1 is 1.23 bits per heavy atom. The van der Waals surface area contributed by atoms with E-state index < -0.39 is 10.0 Å². The lowest BCUT2D eigenvalue weighted by Gasteiger charge is -2.26. The van der Waals surface area contributed by atoms with E-state index in [1.54, 1.807) is 12.1 Å². The predicted octanol–water partition coefficient (Wildman–Crippen LogP) is 2.98. The molecule has 26 heavy (non-hydrogen) atoms. The number of thioether (sulfide) groups is 1. The average molecular weight is 389 g/mol. The molecule has 2 heterocycles. The van der Waals surface area contributed by atoms with Gasteiger partial charge in [-0.1, -0.05) is 18.2 Å². The second-order valence-electron chi connectivity index (χ2n) is 6.63. The topological polar surface area (TPSA) is 66.5 Å². The molecule has 0 radical (unpaired) electrons. The normalized spacial score (nSPS) is 19.0. The van der Waals surface area contributed by atoms with Gasteiger partial charge in [0.2, 0.25) is 10.0 Å². The Morgan fingerprint density at radius 3 is 2.85 bits per heavy atom. The second-order valence-corrected chi connectivity index (χ2v) is 9.67. The summed E-state index contributed by atoms with van der Waals surface area (Å²) in [5.41, 5.74) is 3.34. The molecule has 2 aliphatic rings. The molecule has 1 unspecified atom stereocenters. The molecule has 0 saturated carbocycles. The van der Waals surface area contributed by atoms with Crippen molar-refractivity contribution < 1.29 is 13.2 Å². The summed E-state index contributed by atoms with van der Waals surface area (Å²) in [6, 6.07) is 13.5. The summed E-state index contributed by atoms with van der Waals surface area (Å²) >= 11 is 1.82. The zero-order valence-electron chi connectivity index (χ0n) is 14.4. The van der Waals surface area contributed by atoms with E-state index in [1.165, 1.54) is 21.0 Å². The zero-order chi connectivity index (χ0) is 18.3. The fourth-order valence-electron chi connectivity index (χ4n) is 3.59. The molecule has 2 aromatic carbocycles. The summed E-state index contributed by atoms with van der Waals surface area (Å²) in [5.74, 6) is 0.868. The maximum atomic E-state index is 12.8. The van der Waals surface area contributed by atoms with Crippen LogP contribution >= 0.6 is 11.8 Å². The summed E-state index contributed by atoms with van der Waals surface area (Å²) in [6.45, 7) is 0.437. The summed E-state index contributed by atoms with van der Waals surface area (Å²) in [4.78, 5) is 14.0. The molecule has 2 aromatic rings. The van der Waals surface area contributed by atoms with E-state index in [0.29, 0.717) is 24.2 Å². The third-order valence-corrected chi connectivity index (χ3v) is 7.16. The smallest absolute Gasteiger partial charge is 0.251 e. The molecular formula is C19H20N2O3S2. The van der Waals surface area contributed by atoms with Crippen LogP contribution in [0.3, 0.4) is 0 Å². The third kappa shape index (κ3) is 3.21. The van der Waals surface area contributed by atoms with Gasteiger partial charge in [-0.3, -0.25) is 9.10 Å². The van der Waals surface area contributed by atoms with Crippen LogP contribution in [0.5, 0.6) is 0 Å². The first-order valence-corrected chi connectivity index (χ1v) is 11.4. The largest absolute Gasteiger partial charge is 0.345 e. The van der Waals surface area contributed by atoms with Gasteiger partial charge in [0.25, 0.3) is 5.91 Å². The molecule has 0 fully saturated rings. The molecule has 0 aromatic heterocycles. The van der Waals surface area contributed by atoms with Gasteiger partial charge >= 0.3 is 0 Å².